The number of rotatable bonds is 1. The van der Waals surface area contributed by atoms with Gasteiger partial charge in [0.05, 0.1) is 12.2 Å². The summed E-state index contributed by atoms with van der Waals surface area (Å²) in [6.45, 7) is 2.00. The molecule has 20 heavy (non-hydrogen) atoms. The number of para-hydroxylation sites is 2. The summed E-state index contributed by atoms with van der Waals surface area (Å²) < 4.78 is 11.4. The predicted molar refractivity (Wildman–Crippen MR) is 69.5 cm³/mol. The Morgan fingerprint density at radius 1 is 1.15 bits per heavy atom. The Balaban J connectivity index is 1.76. The molecule has 1 saturated heterocycles. The number of aliphatic hydroxyl groups excluding tert-OH is 2. The monoisotopic (exact) mass is 279 g/mol. The van der Waals surface area contributed by atoms with Gasteiger partial charge in [0.1, 0.15) is 6.10 Å². The first kappa shape index (κ1) is 13.2. The van der Waals surface area contributed by atoms with Gasteiger partial charge in [-0.05, 0) is 19.1 Å². The van der Waals surface area contributed by atoms with Crippen molar-refractivity contribution in [1.29, 1.82) is 0 Å². The standard InChI is InChI=1S/C14H17NO5/c1-8-13(14(18)15-6-9(16)10(17)7-15)20-12-5-3-2-4-11(12)19-8/h2-5,8-10,13,16-17H,6-7H2,1H3/t8?,9-,10+,13?. The second-order valence-corrected chi connectivity index (χ2v) is 5.19. The first-order valence-corrected chi connectivity index (χ1v) is 6.63. The molecule has 108 valence electrons. The predicted octanol–water partition coefficient (Wildman–Crippen LogP) is -0.221. The van der Waals surface area contributed by atoms with Crippen molar-refractivity contribution in [3.63, 3.8) is 0 Å². The van der Waals surface area contributed by atoms with E-state index in [0.717, 1.165) is 0 Å². The lowest BCUT2D eigenvalue weighted by Crippen LogP contribution is -2.50. The number of hydrogen-bond acceptors (Lipinski definition) is 5. The van der Waals surface area contributed by atoms with E-state index >= 15 is 0 Å². The van der Waals surface area contributed by atoms with E-state index in [1.165, 1.54) is 4.90 Å². The number of amides is 1. The molecule has 0 radical (unpaired) electrons. The summed E-state index contributed by atoms with van der Waals surface area (Å²) in [5.41, 5.74) is 0. The van der Waals surface area contributed by atoms with Crippen LogP contribution in [0.25, 0.3) is 0 Å². The molecule has 1 aromatic carbocycles. The quantitative estimate of drug-likeness (QED) is 0.743. The maximum Gasteiger partial charge on any atom is 0.267 e. The van der Waals surface area contributed by atoms with Gasteiger partial charge in [-0.15, -0.1) is 0 Å². The summed E-state index contributed by atoms with van der Waals surface area (Å²) in [6, 6.07) is 7.18. The van der Waals surface area contributed by atoms with Crippen molar-refractivity contribution in [1.82, 2.24) is 4.90 Å². The fourth-order valence-electron chi connectivity index (χ4n) is 2.52. The molecular formula is C14H17NO5. The van der Waals surface area contributed by atoms with Crippen molar-refractivity contribution in [3.05, 3.63) is 24.3 Å². The number of benzene rings is 1. The summed E-state index contributed by atoms with van der Waals surface area (Å²) in [5.74, 6) is 0.873. The molecule has 0 spiro atoms. The summed E-state index contributed by atoms with van der Waals surface area (Å²) in [6.07, 6.45) is -2.98. The highest BCUT2D eigenvalue weighted by atomic mass is 16.6. The SMILES string of the molecule is CC1Oc2ccccc2OC1C(=O)N1C[C@@H](O)[C@@H](O)C1. The lowest BCUT2D eigenvalue weighted by atomic mass is 10.1. The van der Waals surface area contributed by atoms with E-state index in [1.807, 2.05) is 12.1 Å². The topological polar surface area (TPSA) is 79.2 Å². The Morgan fingerprint density at radius 3 is 2.30 bits per heavy atom. The molecule has 0 aromatic heterocycles. The van der Waals surface area contributed by atoms with Crippen molar-refractivity contribution < 1.29 is 24.5 Å². The molecule has 4 atom stereocenters. The molecule has 3 rings (SSSR count). The second kappa shape index (κ2) is 4.96. The number of aliphatic hydroxyl groups is 2. The Morgan fingerprint density at radius 2 is 1.70 bits per heavy atom. The first-order valence-electron chi connectivity index (χ1n) is 6.63. The number of likely N-dealkylation sites (tertiary alicyclic amines) is 1. The summed E-state index contributed by atoms with van der Waals surface area (Å²) in [7, 11) is 0. The van der Waals surface area contributed by atoms with E-state index in [4.69, 9.17) is 9.47 Å². The van der Waals surface area contributed by atoms with Gasteiger partial charge in [0.2, 0.25) is 6.10 Å². The van der Waals surface area contributed by atoms with Crippen LogP contribution in [0.2, 0.25) is 0 Å². The lowest BCUT2D eigenvalue weighted by Gasteiger charge is -2.33. The van der Waals surface area contributed by atoms with E-state index in [0.29, 0.717) is 11.5 Å². The highest BCUT2D eigenvalue weighted by molar-refractivity contribution is 5.82. The van der Waals surface area contributed by atoms with E-state index in [9.17, 15) is 15.0 Å². The zero-order valence-electron chi connectivity index (χ0n) is 11.1. The Labute approximate surface area is 116 Å². The normalized spacial score (nSPS) is 32.2. The van der Waals surface area contributed by atoms with Gasteiger partial charge in [-0.2, -0.15) is 0 Å². The van der Waals surface area contributed by atoms with Crippen LogP contribution in [0.5, 0.6) is 11.5 Å². The molecule has 6 heteroatoms. The lowest BCUT2D eigenvalue weighted by molar-refractivity contribution is -0.143. The fraction of sp³-hybridized carbons (Fsp3) is 0.500. The summed E-state index contributed by atoms with van der Waals surface area (Å²) in [5, 5.41) is 19.0. The van der Waals surface area contributed by atoms with Gasteiger partial charge in [0, 0.05) is 13.1 Å². The molecule has 1 aromatic rings. The number of ether oxygens (including phenoxy) is 2. The van der Waals surface area contributed by atoms with E-state index in [1.54, 1.807) is 19.1 Å². The van der Waals surface area contributed by atoms with Crippen molar-refractivity contribution in [2.75, 3.05) is 13.1 Å². The fourth-order valence-corrected chi connectivity index (χ4v) is 2.52. The molecule has 2 unspecified atom stereocenters. The number of β-amino-alcohol motifs (C(OH)–C–C–N with tert-alkyl or cyclic N) is 2. The third-order valence-corrected chi connectivity index (χ3v) is 3.66. The van der Waals surface area contributed by atoms with Crippen LogP contribution < -0.4 is 9.47 Å². The highest BCUT2D eigenvalue weighted by Crippen LogP contribution is 2.34. The highest BCUT2D eigenvalue weighted by Gasteiger charge is 2.41. The van der Waals surface area contributed by atoms with Crippen LogP contribution in [0.1, 0.15) is 6.92 Å². The third kappa shape index (κ3) is 2.21. The molecule has 2 aliphatic rings. The number of nitrogens with zero attached hydrogens (tertiary/aromatic N) is 1. The second-order valence-electron chi connectivity index (χ2n) is 5.19. The van der Waals surface area contributed by atoms with Gasteiger partial charge < -0.3 is 24.6 Å². The molecule has 2 heterocycles. The van der Waals surface area contributed by atoms with Gasteiger partial charge in [-0.3, -0.25) is 4.79 Å². The zero-order valence-corrected chi connectivity index (χ0v) is 11.1. The molecule has 6 nitrogen and oxygen atoms in total. The van der Waals surface area contributed by atoms with Crippen LogP contribution >= 0.6 is 0 Å². The van der Waals surface area contributed by atoms with Crippen molar-refractivity contribution in [2.24, 2.45) is 0 Å². The Hall–Kier alpha value is -1.79. The summed E-state index contributed by atoms with van der Waals surface area (Å²) in [4.78, 5) is 13.8. The van der Waals surface area contributed by atoms with Crippen LogP contribution in [-0.4, -0.2) is 58.5 Å². The minimum atomic E-state index is -0.897. The van der Waals surface area contributed by atoms with Crippen LogP contribution in [0.4, 0.5) is 0 Å². The molecule has 0 aliphatic carbocycles. The molecule has 1 amide bonds. The molecule has 2 aliphatic heterocycles. The number of carbonyl (C=O) groups is 1. The average molecular weight is 279 g/mol. The third-order valence-electron chi connectivity index (χ3n) is 3.66. The Kier molecular flexibility index (Phi) is 3.27. The molecular weight excluding hydrogens is 262 g/mol. The van der Waals surface area contributed by atoms with Gasteiger partial charge in [-0.1, -0.05) is 12.1 Å². The minimum Gasteiger partial charge on any atom is -0.482 e. The minimum absolute atomic E-state index is 0.119. The number of hydrogen-bond donors (Lipinski definition) is 2. The smallest absolute Gasteiger partial charge is 0.267 e. The molecule has 0 saturated carbocycles. The Bertz CT molecular complexity index is 510. The van der Waals surface area contributed by atoms with E-state index in [-0.39, 0.29) is 19.0 Å². The van der Waals surface area contributed by atoms with E-state index < -0.39 is 24.4 Å². The van der Waals surface area contributed by atoms with Gasteiger partial charge >= 0.3 is 0 Å². The van der Waals surface area contributed by atoms with Crippen LogP contribution in [0.15, 0.2) is 24.3 Å². The molecule has 2 N–H and O–H groups in total. The van der Waals surface area contributed by atoms with Gasteiger partial charge in [0.25, 0.3) is 5.91 Å². The number of carbonyl (C=O) groups excluding carboxylic acids is 1. The van der Waals surface area contributed by atoms with E-state index in [2.05, 4.69) is 0 Å². The maximum atomic E-state index is 12.4. The van der Waals surface area contributed by atoms with Crippen molar-refractivity contribution in [3.8, 4) is 11.5 Å². The first-order chi connectivity index (χ1) is 9.56. The maximum absolute atomic E-state index is 12.4. The van der Waals surface area contributed by atoms with Crippen molar-refractivity contribution in [2.45, 2.75) is 31.3 Å². The van der Waals surface area contributed by atoms with Gasteiger partial charge in [0.15, 0.2) is 11.5 Å². The van der Waals surface area contributed by atoms with Crippen LogP contribution in [0.3, 0.4) is 0 Å². The number of fused-ring (bicyclic) bond motifs is 1. The largest absolute Gasteiger partial charge is 0.482 e. The van der Waals surface area contributed by atoms with Crippen LogP contribution in [0, 0.1) is 0 Å². The summed E-state index contributed by atoms with van der Waals surface area (Å²) >= 11 is 0. The van der Waals surface area contributed by atoms with Crippen LogP contribution in [-0.2, 0) is 4.79 Å². The average Bonchev–Trinajstić information content (AvgIpc) is 2.77. The van der Waals surface area contributed by atoms with Gasteiger partial charge in [-0.25, -0.2) is 0 Å². The van der Waals surface area contributed by atoms with Crippen molar-refractivity contribution >= 4 is 5.91 Å². The molecule has 1 fully saturated rings. The zero-order chi connectivity index (χ0) is 14.3. The molecule has 0 bridgehead atoms.